The van der Waals surface area contributed by atoms with Gasteiger partial charge in [-0.05, 0) is 53.4 Å². The summed E-state index contributed by atoms with van der Waals surface area (Å²) < 4.78 is 0. The number of para-hydroxylation sites is 2. The summed E-state index contributed by atoms with van der Waals surface area (Å²) in [7, 11) is 0. The summed E-state index contributed by atoms with van der Waals surface area (Å²) in [6, 6.07) is 31.2. The van der Waals surface area contributed by atoms with E-state index in [4.69, 9.17) is 9.97 Å². The van der Waals surface area contributed by atoms with Crippen LogP contribution in [0.4, 0.5) is 17.5 Å². The number of aromatic carboxylic acids is 1. The van der Waals surface area contributed by atoms with E-state index in [-0.39, 0.29) is 5.56 Å². The Bertz CT molecular complexity index is 1600. The molecule has 0 aliphatic rings. The molecule has 1 aromatic heterocycles. The lowest BCUT2D eigenvalue weighted by Gasteiger charge is -2.16. The van der Waals surface area contributed by atoms with Crippen LogP contribution < -0.4 is 10.6 Å². The Balaban J connectivity index is 1.43. The predicted molar refractivity (Wildman–Crippen MR) is 155 cm³/mol. The van der Waals surface area contributed by atoms with Gasteiger partial charge >= 0.3 is 5.97 Å². The van der Waals surface area contributed by atoms with Crippen LogP contribution in [0.25, 0.3) is 10.9 Å². The number of hydrogen-bond donors (Lipinski definition) is 3. The number of carboxylic acids is 1. The second-order valence-corrected chi connectivity index (χ2v) is 10.2. The number of carbonyl (C=O) groups is 1. The molecule has 0 aliphatic carbocycles. The predicted octanol–water partition coefficient (Wildman–Crippen LogP) is 7.96. The van der Waals surface area contributed by atoms with Crippen molar-refractivity contribution in [2.24, 2.45) is 0 Å². The molecular formula is C31H28N4O2S. The third-order valence-corrected chi connectivity index (χ3v) is 7.38. The summed E-state index contributed by atoms with van der Waals surface area (Å²) in [5, 5.41) is 17.5. The number of rotatable bonds is 9. The standard InChI is InChI=1S/C31H28N4O2S/c1-20(2)22-12-4-7-15-25(22)33-29-23-13-5-8-16-26(23)34-31(35-29)32-19-21-11-3-9-17-27(21)38-28-18-10-6-14-24(28)30(36)37/h3-18,20H,19H2,1-2H3,(H,36,37)(H2,32,33,34,35). The van der Waals surface area contributed by atoms with Gasteiger partial charge in [0.1, 0.15) is 5.82 Å². The monoisotopic (exact) mass is 520 g/mol. The molecule has 5 rings (SSSR count). The minimum Gasteiger partial charge on any atom is -0.478 e. The summed E-state index contributed by atoms with van der Waals surface area (Å²) in [6.07, 6.45) is 0. The molecule has 0 saturated heterocycles. The number of fused-ring (bicyclic) bond motifs is 1. The number of anilines is 3. The lowest BCUT2D eigenvalue weighted by atomic mass is 10.0. The quantitative estimate of drug-likeness (QED) is 0.182. The number of nitrogens with one attached hydrogen (secondary N) is 2. The Labute approximate surface area is 226 Å². The van der Waals surface area contributed by atoms with Crippen LogP contribution in [0.15, 0.2) is 107 Å². The van der Waals surface area contributed by atoms with Gasteiger partial charge in [-0.1, -0.05) is 86.3 Å². The maximum Gasteiger partial charge on any atom is 0.336 e. The van der Waals surface area contributed by atoms with Gasteiger partial charge in [-0.2, -0.15) is 4.98 Å². The molecule has 0 unspecified atom stereocenters. The van der Waals surface area contributed by atoms with Crippen molar-refractivity contribution in [2.45, 2.75) is 36.1 Å². The van der Waals surface area contributed by atoms with E-state index in [1.165, 1.54) is 17.3 Å². The summed E-state index contributed by atoms with van der Waals surface area (Å²) in [6.45, 7) is 4.84. The fourth-order valence-electron chi connectivity index (χ4n) is 4.27. The molecule has 1 heterocycles. The fraction of sp³-hybridized carbons (Fsp3) is 0.129. The van der Waals surface area contributed by atoms with Crippen molar-refractivity contribution in [3.8, 4) is 0 Å². The molecule has 0 fully saturated rings. The zero-order valence-electron chi connectivity index (χ0n) is 21.2. The average Bonchev–Trinajstić information content (AvgIpc) is 2.93. The number of benzene rings is 4. The molecule has 0 spiro atoms. The first-order chi connectivity index (χ1) is 18.5. The van der Waals surface area contributed by atoms with E-state index in [2.05, 4.69) is 42.7 Å². The Morgan fingerprint density at radius 1 is 0.842 bits per heavy atom. The Morgan fingerprint density at radius 2 is 1.53 bits per heavy atom. The van der Waals surface area contributed by atoms with Gasteiger partial charge in [0.2, 0.25) is 5.95 Å². The van der Waals surface area contributed by atoms with Crippen LogP contribution >= 0.6 is 11.8 Å². The van der Waals surface area contributed by atoms with Gasteiger partial charge in [-0.3, -0.25) is 0 Å². The van der Waals surface area contributed by atoms with Crippen LogP contribution in [-0.4, -0.2) is 21.0 Å². The van der Waals surface area contributed by atoms with Crippen molar-refractivity contribution in [2.75, 3.05) is 10.6 Å². The SMILES string of the molecule is CC(C)c1ccccc1Nc1nc(NCc2ccccc2Sc2ccccc2C(=O)O)nc2ccccc12. The van der Waals surface area contributed by atoms with Crippen molar-refractivity contribution in [3.63, 3.8) is 0 Å². The number of hydrogen-bond acceptors (Lipinski definition) is 6. The van der Waals surface area contributed by atoms with Crippen LogP contribution in [0.3, 0.4) is 0 Å². The normalized spacial score (nSPS) is 11.0. The zero-order valence-corrected chi connectivity index (χ0v) is 22.0. The van der Waals surface area contributed by atoms with Crippen molar-refractivity contribution >= 4 is 46.1 Å². The van der Waals surface area contributed by atoms with Crippen molar-refractivity contribution in [3.05, 3.63) is 114 Å². The zero-order chi connectivity index (χ0) is 26.5. The molecule has 5 aromatic rings. The van der Waals surface area contributed by atoms with Gasteiger partial charge in [0, 0.05) is 27.4 Å². The van der Waals surface area contributed by atoms with E-state index < -0.39 is 5.97 Å². The molecule has 0 aliphatic heterocycles. The van der Waals surface area contributed by atoms with Crippen LogP contribution in [0.1, 0.15) is 41.3 Å². The molecular weight excluding hydrogens is 492 g/mol. The smallest absolute Gasteiger partial charge is 0.336 e. The highest BCUT2D eigenvalue weighted by atomic mass is 32.2. The van der Waals surface area contributed by atoms with Crippen molar-refractivity contribution in [1.82, 2.24) is 9.97 Å². The molecule has 0 saturated carbocycles. The second-order valence-electron chi connectivity index (χ2n) is 9.14. The topological polar surface area (TPSA) is 87.1 Å². The van der Waals surface area contributed by atoms with Gasteiger partial charge in [0.25, 0.3) is 0 Å². The lowest BCUT2D eigenvalue weighted by Crippen LogP contribution is -2.07. The van der Waals surface area contributed by atoms with E-state index >= 15 is 0 Å². The van der Waals surface area contributed by atoms with Crippen LogP contribution in [0.5, 0.6) is 0 Å². The molecule has 4 aromatic carbocycles. The molecule has 0 bridgehead atoms. The second kappa shape index (κ2) is 11.4. The highest BCUT2D eigenvalue weighted by Gasteiger charge is 2.14. The van der Waals surface area contributed by atoms with Gasteiger partial charge in [-0.15, -0.1) is 0 Å². The largest absolute Gasteiger partial charge is 0.478 e. The van der Waals surface area contributed by atoms with Crippen LogP contribution in [0, 0.1) is 0 Å². The minimum atomic E-state index is -0.938. The summed E-state index contributed by atoms with van der Waals surface area (Å²) in [5.41, 5.74) is 4.39. The Hall–Kier alpha value is -4.36. The summed E-state index contributed by atoms with van der Waals surface area (Å²) >= 11 is 1.44. The third kappa shape index (κ3) is 5.63. The molecule has 190 valence electrons. The highest BCUT2D eigenvalue weighted by Crippen LogP contribution is 2.34. The number of nitrogens with zero attached hydrogens (tertiary/aromatic N) is 2. The molecule has 0 radical (unpaired) electrons. The van der Waals surface area contributed by atoms with Gasteiger partial charge in [0.05, 0.1) is 11.1 Å². The van der Waals surface area contributed by atoms with Crippen molar-refractivity contribution < 1.29 is 9.90 Å². The third-order valence-electron chi connectivity index (χ3n) is 6.19. The average molecular weight is 521 g/mol. The molecule has 7 heteroatoms. The van der Waals surface area contributed by atoms with E-state index in [9.17, 15) is 9.90 Å². The van der Waals surface area contributed by atoms with Gasteiger partial charge in [0.15, 0.2) is 0 Å². The van der Waals surface area contributed by atoms with E-state index in [0.29, 0.717) is 23.3 Å². The molecule has 0 atom stereocenters. The fourth-order valence-corrected chi connectivity index (χ4v) is 5.33. The van der Waals surface area contributed by atoms with E-state index in [0.717, 1.165) is 32.9 Å². The number of aromatic nitrogens is 2. The molecule has 0 amide bonds. The maximum absolute atomic E-state index is 11.7. The Kier molecular flexibility index (Phi) is 7.56. The summed E-state index contributed by atoms with van der Waals surface area (Å²) in [4.78, 5) is 23.0. The van der Waals surface area contributed by atoms with Crippen LogP contribution in [0.2, 0.25) is 0 Å². The number of carboxylic acid groups (broad SMARTS) is 1. The van der Waals surface area contributed by atoms with Gasteiger partial charge < -0.3 is 15.7 Å². The van der Waals surface area contributed by atoms with E-state index in [1.54, 1.807) is 12.1 Å². The Morgan fingerprint density at radius 3 is 2.34 bits per heavy atom. The maximum atomic E-state index is 11.7. The highest BCUT2D eigenvalue weighted by molar-refractivity contribution is 7.99. The first-order valence-electron chi connectivity index (χ1n) is 12.4. The first-order valence-corrected chi connectivity index (χ1v) is 13.3. The molecule has 38 heavy (non-hydrogen) atoms. The van der Waals surface area contributed by atoms with Crippen molar-refractivity contribution in [1.29, 1.82) is 0 Å². The minimum absolute atomic E-state index is 0.288. The molecule has 3 N–H and O–H groups in total. The summed E-state index contributed by atoms with van der Waals surface area (Å²) in [5.74, 6) is 0.681. The van der Waals surface area contributed by atoms with Crippen LogP contribution in [-0.2, 0) is 6.54 Å². The lowest BCUT2D eigenvalue weighted by molar-refractivity contribution is 0.0693. The van der Waals surface area contributed by atoms with Gasteiger partial charge in [-0.25, -0.2) is 9.78 Å². The first kappa shape index (κ1) is 25.3. The van der Waals surface area contributed by atoms with E-state index in [1.807, 2.05) is 66.7 Å². The molecule has 6 nitrogen and oxygen atoms in total.